The molecule has 1 aromatic heterocycles. The van der Waals surface area contributed by atoms with Crippen LogP contribution in [-0.2, 0) is 17.6 Å². The van der Waals surface area contributed by atoms with Crippen LogP contribution >= 0.6 is 23.6 Å². The second kappa shape index (κ2) is 10.4. The molecule has 0 unspecified atom stereocenters. The first-order chi connectivity index (χ1) is 13.2. The molecule has 6 nitrogen and oxygen atoms in total. The average Bonchev–Trinajstić information content (AvgIpc) is 3.13. The van der Waals surface area contributed by atoms with Gasteiger partial charge in [-0.15, -0.1) is 10.2 Å². The first-order valence-corrected chi connectivity index (χ1v) is 10.7. The number of aryl methyl sites for hydroxylation is 1. The normalized spacial score (nSPS) is 14.7. The van der Waals surface area contributed by atoms with Crippen molar-refractivity contribution in [3.05, 3.63) is 40.9 Å². The summed E-state index contributed by atoms with van der Waals surface area (Å²) in [5.74, 6) is -0.102. The molecule has 144 valence electrons. The third-order valence-electron chi connectivity index (χ3n) is 4.68. The van der Waals surface area contributed by atoms with Crippen LogP contribution in [-0.4, -0.2) is 40.9 Å². The third kappa shape index (κ3) is 6.97. The molecular formula is C19H26N5OS2+. The third-order valence-corrected chi connectivity index (χ3v) is 5.78. The number of carbonyl (C=O) groups excluding carboxylic acids is 1. The van der Waals surface area contributed by atoms with Gasteiger partial charge >= 0.3 is 0 Å². The quantitative estimate of drug-likeness (QED) is 0.612. The van der Waals surface area contributed by atoms with Crippen molar-refractivity contribution >= 4 is 39.7 Å². The van der Waals surface area contributed by atoms with Gasteiger partial charge < -0.3 is 15.5 Å². The Kier molecular flexibility index (Phi) is 7.67. The second-order valence-corrected chi connectivity index (χ2v) is 8.27. The van der Waals surface area contributed by atoms with Gasteiger partial charge in [-0.1, -0.05) is 41.7 Å². The Labute approximate surface area is 169 Å². The Morgan fingerprint density at radius 1 is 1.11 bits per heavy atom. The monoisotopic (exact) mass is 404 g/mol. The molecule has 1 amide bonds. The predicted octanol–water partition coefficient (Wildman–Crippen LogP) is 1.60. The number of benzene rings is 1. The fraction of sp³-hybridized carbons (Fsp3) is 0.474. The Balaban J connectivity index is 1.37. The van der Waals surface area contributed by atoms with E-state index in [1.165, 1.54) is 43.7 Å². The van der Waals surface area contributed by atoms with E-state index in [9.17, 15) is 4.79 Å². The van der Waals surface area contributed by atoms with Gasteiger partial charge in [0, 0.05) is 6.42 Å². The first-order valence-electron chi connectivity index (χ1n) is 9.50. The smallest absolute Gasteiger partial charge is 0.226 e. The number of aromatic nitrogens is 2. The SMILES string of the molecule is O=C(CCc1ccccc1)NC(=S)Nc1nnc(CC[NH+]2CCCCC2)s1. The van der Waals surface area contributed by atoms with Gasteiger partial charge in [-0.2, -0.15) is 0 Å². The summed E-state index contributed by atoms with van der Waals surface area (Å²) in [6, 6.07) is 9.93. The van der Waals surface area contributed by atoms with Crippen molar-refractivity contribution < 1.29 is 9.69 Å². The maximum absolute atomic E-state index is 12.0. The number of amides is 1. The van der Waals surface area contributed by atoms with E-state index in [1.54, 1.807) is 4.90 Å². The largest absolute Gasteiger partial charge is 0.335 e. The van der Waals surface area contributed by atoms with Crippen LogP contribution < -0.4 is 15.5 Å². The molecule has 0 atom stereocenters. The number of carbonyl (C=O) groups is 1. The molecule has 8 heteroatoms. The highest BCUT2D eigenvalue weighted by Gasteiger charge is 2.15. The number of anilines is 1. The van der Waals surface area contributed by atoms with Crippen molar-refractivity contribution in [1.82, 2.24) is 15.5 Å². The number of nitrogens with zero attached hydrogens (tertiary/aromatic N) is 2. The van der Waals surface area contributed by atoms with Crippen LogP contribution in [0.25, 0.3) is 0 Å². The number of quaternary nitrogens is 1. The maximum Gasteiger partial charge on any atom is 0.226 e. The van der Waals surface area contributed by atoms with Gasteiger partial charge in [0.2, 0.25) is 11.0 Å². The van der Waals surface area contributed by atoms with Crippen molar-refractivity contribution in [2.45, 2.75) is 38.5 Å². The van der Waals surface area contributed by atoms with E-state index in [2.05, 4.69) is 20.8 Å². The van der Waals surface area contributed by atoms with Gasteiger partial charge in [-0.25, -0.2) is 0 Å². The number of rotatable bonds is 7. The number of hydrogen-bond donors (Lipinski definition) is 3. The lowest BCUT2D eigenvalue weighted by Gasteiger charge is -2.22. The van der Waals surface area contributed by atoms with E-state index in [-0.39, 0.29) is 11.0 Å². The minimum absolute atomic E-state index is 0.102. The molecule has 3 rings (SSSR count). The Hall–Kier alpha value is -1.90. The fourth-order valence-corrected chi connectivity index (χ4v) is 4.23. The number of piperidine rings is 1. The minimum Gasteiger partial charge on any atom is -0.335 e. The molecule has 2 heterocycles. The molecule has 1 fully saturated rings. The average molecular weight is 405 g/mol. The lowest BCUT2D eigenvalue weighted by molar-refractivity contribution is -0.904. The lowest BCUT2D eigenvalue weighted by Crippen LogP contribution is -3.13. The second-order valence-electron chi connectivity index (χ2n) is 6.80. The zero-order chi connectivity index (χ0) is 18.9. The molecule has 0 aliphatic carbocycles. The Morgan fingerprint density at radius 2 is 1.89 bits per heavy atom. The molecule has 1 aliphatic rings. The summed E-state index contributed by atoms with van der Waals surface area (Å²) in [5, 5.41) is 15.9. The van der Waals surface area contributed by atoms with E-state index in [0.717, 1.165) is 23.5 Å². The van der Waals surface area contributed by atoms with Crippen molar-refractivity contribution in [2.75, 3.05) is 25.0 Å². The summed E-state index contributed by atoms with van der Waals surface area (Å²) in [6.07, 6.45) is 6.05. The predicted molar refractivity (Wildman–Crippen MR) is 112 cm³/mol. The molecule has 0 spiro atoms. The molecule has 1 saturated heterocycles. The van der Waals surface area contributed by atoms with Gasteiger partial charge in [0.15, 0.2) is 5.11 Å². The topological polar surface area (TPSA) is 71.3 Å². The van der Waals surface area contributed by atoms with E-state index < -0.39 is 0 Å². The van der Waals surface area contributed by atoms with Gasteiger partial charge in [0.1, 0.15) is 5.01 Å². The van der Waals surface area contributed by atoms with Crippen LogP contribution in [0.1, 0.15) is 36.3 Å². The number of hydrogen-bond acceptors (Lipinski definition) is 5. The summed E-state index contributed by atoms with van der Waals surface area (Å²) in [4.78, 5) is 13.7. The van der Waals surface area contributed by atoms with Crippen LogP contribution in [0.2, 0.25) is 0 Å². The van der Waals surface area contributed by atoms with E-state index in [1.807, 2.05) is 30.3 Å². The number of thiocarbonyl (C=S) groups is 1. The Bertz CT molecular complexity index is 744. The number of nitrogens with one attached hydrogen (secondary N) is 3. The van der Waals surface area contributed by atoms with Crippen molar-refractivity contribution in [2.24, 2.45) is 0 Å². The van der Waals surface area contributed by atoms with E-state index in [4.69, 9.17) is 12.2 Å². The van der Waals surface area contributed by atoms with E-state index in [0.29, 0.717) is 18.0 Å². The maximum atomic E-state index is 12.0. The van der Waals surface area contributed by atoms with E-state index >= 15 is 0 Å². The van der Waals surface area contributed by atoms with Crippen LogP contribution in [0.3, 0.4) is 0 Å². The molecule has 0 radical (unpaired) electrons. The van der Waals surface area contributed by atoms with Gasteiger partial charge in [0.05, 0.1) is 26.1 Å². The van der Waals surface area contributed by atoms with Gasteiger partial charge in [0.25, 0.3) is 0 Å². The summed E-state index contributed by atoms with van der Waals surface area (Å²) in [7, 11) is 0. The van der Waals surface area contributed by atoms with Crippen molar-refractivity contribution in [1.29, 1.82) is 0 Å². The minimum atomic E-state index is -0.102. The molecule has 27 heavy (non-hydrogen) atoms. The highest BCUT2D eigenvalue weighted by molar-refractivity contribution is 7.80. The Morgan fingerprint density at radius 3 is 2.67 bits per heavy atom. The lowest BCUT2D eigenvalue weighted by atomic mass is 10.1. The molecular weight excluding hydrogens is 378 g/mol. The summed E-state index contributed by atoms with van der Waals surface area (Å²) in [6.45, 7) is 3.64. The first kappa shape index (κ1) is 19.9. The van der Waals surface area contributed by atoms with Gasteiger partial charge in [-0.05, 0) is 43.5 Å². The van der Waals surface area contributed by atoms with Crippen molar-refractivity contribution in [3.8, 4) is 0 Å². The fourth-order valence-electron chi connectivity index (χ4n) is 3.21. The van der Waals surface area contributed by atoms with Gasteiger partial charge in [-0.3, -0.25) is 4.79 Å². The summed E-state index contributed by atoms with van der Waals surface area (Å²) >= 11 is 6.71. The summed E-state index contributed by atoms with van der Waals surface area (Å²) < 4.78 is 0. The zero-order valence-electron chi connectivity index (χ0n) is 15.4. The molecule has 1 aromatic carbocycles. The van der Waals surface area contributed by atoms with Crippen LogP contribution in [0.15, 0.2) is 30.3 Å². The molecule has 2 aromatic rings. The van der Waals surface area contributed by atoms with Crippen LogP contribution in [0, 0.1) is 0 Å². The molecule has 0 bridgehead atoms. The number of likely N-dealkylation sites (tertiary alicyclic amines) is 1. The standard InChI is InChI=1S/C19H25N5OS2/c25-16(10-9-15-7-3-1-4-8-15)20-18(26)21-19-23-22-17(27-19)11-14-24-12-5-2-6-13-24/h1,3-4,7-8H,2,5-6,9-14H2,(H2,20,21,23,25,26)/p+1. The highest BCUT2D eigenvalue weighted by Crippen LogP contribution is 2.15. The highest BCUT2D eigenvalue weighted by atomic mass is 32.1. The van der Waals surface area contributed by atoms with Crippen molar-refractivity contribution in [3.63, 3.8) is 0 Å². The molecule has 1 aliphatic heterocycles. The van der Waals surface area contributed by atoms with Crippen LogP contribution in [0.4, 0.5) is 5.13 Å². The zero-order valence-corrected chi connectivity index (χ0v) is 17.0. The molecule has 3 N–H and O–H groups in total. The summed E-state index contributed by atoms with van der Waals surface area (Å²) in [5.41, 5.74) is 1.14. The van der Waals surface area contributed by atoms with Crippen LogP contribution in [0.5, 0.6) is 0 Å². The molecule has 0 saturated carbocycles.